The fourth-order valence-electron chi connectivity index (χ4n) is 1.39. The number of aromatic amines is 1. The molecule has 1 aromatic heterocycles. The quantitative estimate of drug-likeness (QED) is 0.434. The van der Waals surface area contributed by atoms with Crippen LogP contribution in [0.15, 0.2) is 26.1 Å². The van der Waals surface area contributed by atoms with Crippen molar-refractivity contribution < 1.29 is 9.34 Å². The minimum atomic E-state index is -1.08. The number of aryl methyl sites for hydroxylation is 1. The number of benzene rings is 1. The summed E-state index contributed by atoms with van der Waals surface area (Å²) in [5.74, 6) is 0. The molecule has 2 aromatic rings. The number of fused-ring (bicyclic) bond motifs is 1. The first kappa shape index (κ1) is 10.1. The monoisotopic (exact) mass is 222 g/mol. The van der Waals surface area contributed by atoms with Gasteiger partial charge in [-0.2, -0.15) is 0 Å². The van der Waals surface area contributed by atoms with Gasteiger partial charge in [0, 0.05) is 6.07 Å². The number of nitro benzene ring substituents is 1. The van der Waals surface area contributed by atoms with E-state index in [1.165, 1.54) is 6.07 Å². The number of aromatic nitrogens is 1. The van der Waals surface area contributed by atoms with Crippen LogP contribution < -0.4 is 11.2 Å². The van der Waals surface area contributed by atoms with Crippen LogP contribution in [0.25, 0.3) is 11.1 Å². The molecule has 7 nitrogen and oxygen atoms in total. The second-order valence-electron chi connectivity index (χ2n) is 3.24. The standard InChI is InChI=1S/C9H6N2O5/c1-4-2-5(11(14)15)3-6-7(4)10-8(12)9(13)16-6/h2-3H,1H3,(H,10,12). The molecule has 0 aliphatic heterocycles. The third-order valence-electron chi connectivity index (χ3n) is 2.12. The summed E-state index contributed by atoms with van der Waals surface area (Å²) in [6.07, 6.45) is 0. The average molecular weight is 222 g/mol. The highest BCUT2D eigenvalue weighted by Crippen LogP contribution is 2.21. The van der Waals surface area contributed by atoms with Crippen molar-refractivity contribution in [2.24, 2.45) is 0 Å². The maximum Gasteiger partial charge on any atom is 0.402 e. The zero-order valence-corrected chi connectivity index (χ0v) is 8.14. The van der Waals surface area contributed by atoms with Gasteiger partial charge in [0.05, 0.1) is 16.5 Å². The number of nitrogens with zero attached hydrogens (tertiary/aromatic N) is 1. The van der Waals surface area contributed by atoms with Gasteiger partial charge in [0.2, 0.25) is 0 Å². The summed E-state index contributed by atoms with van der Waals surface area (Å²) < 4.78 is 4.66. The largest absolute Gasteiger partial charge is 0.417 e. The summed E-state index contributed by atoms with van der Waals surface area (Å²) in [5, 5.41) is 10.6. The van der Waals surface area contributed by atoms with E-state index >= 15 is 0 Å². The number of hydrogen-bond donors (Lipinski definition) is 1. The first-order valence-corrected chi connectivity index (χ1v) is 4.31. The van der Waals surface area contributed by atoms with Crippen LogP contribution in [0.5, 0.6) is 0 Å². The molecule has 2 rings (SSSR count). The Hall–Kier alpha value is -2.44. The minimum absolute atomic E-state index is 0.00343. The number of nitrogens with one attached hydrogen (secondary N) is 1. The van der Waals surface area contributed by atoms with Gasteiger partial charge in [0.25, 0.3) is 5.69 Å². The van der Waals surface area contributed by atoms with Gasteiger partial charge in [-0.15, -0.1) is 0 Å². The predicted octanol–water partition coefficient (Wildman–Crippen LogP) is 0.698. The third kappa shape index (κ3) is 1.48. The highest BCUT2D eigenvalue weighted by molar-refractivity contribution is 5.78. The van der Waals surface area contributed by atoms with Gasteiger partial charge in [-0.3, -0.25) is 14.9 Å². The molecule has 0 spiro atoms. The van der Waals surface area contributed by atoms with Crippen LogP contribution >= 0.6 is 0 Å². The van der Waals surface area contributed by atoms with Gasteiger partial charge in [0.15, 0.2) is 5.58 Å². The van der Waals surface area contributed by atoms with Crippen molar-refractivity contribution >= 4 is 16.8 Å². The van der Waals surface area contributed by atoms with Gasteiger partial charge < -0.3 is 9.40 Å². The lowest BCUT2D eigenvalue weighted by Crippen LogP contribution is -2.25. The lowest BCUT2D eigenvalue weighted by molar-refractivity contribution is -0.384. The Morgan fingerprint density at radius 1 is 1.38 bits per heavy atom. The van der Waals surface area contributed by atoms with Crippen molar-refractivity contribution in [2.75, 3.05) is 0 Å². The second kappa shape index (κ2) is 3.30. The zero-order valence-electron chi connectivity index (χ0n) is 8.14. The molecule has 0 atom stereocenters. The third-order valence-corrected chi connectivity index (χ3v) is 2.12. The van der Waals surface area contributed by atoms with Gasteiger partial charge in [-0.25, -0.2) is 4.79 Å². The Morgan fingerprint density at radius 2 is 2.06 bits per heavy atom. The molecule has 0 radical (unpaired) electrons. The summed E-state index contributed by atoms with van der Waals surface area (Å²) in [5.41, 5.74) is -1.41. The maximum atomic E-state index is 11.0. The van der Waals surface area contributed by atoms with Gasteiger partial charge in [-0.05, 0) is 12.5 Å². The highest BCUT2D eigenvalue weighted by Gasteiger charge is 2.12. The Bertz CT molecular complexity index is 697. The molecule has 0 aliphatic carbocycles. The molecule has 0 unspecified atom stereocenters. The predicted molar refractivity (Wildman–Crippen MR) is 54.5 cm³/mol. The number of non-ortho nitro benzene ring substituents is 1. The SMILES string of the molecule is Cc1cc([N+](=O)[O-])cc2oc(=O)c(=O)[nH]c12. The van der Waals surface area contributed by atoms with Crippen LogP contribution in [-0.4, -0.2) is 9.91 Å². The number of rotatable bonds is 1. The van der Waals surface area contributed by atoms with Crippen molar-refractivity contribution in [1.29, 1.82) is 0 Å². The summed E-state index contributed by atoms with van der Waals surface area (Å²) >= 11 is 0. The lowest BCUT2D eigenvalue weighted by atomic mass is 10.2. The minimum Gasteiger partial charge on any atom is -0.417 e. The molecule has 1 heterocycles. The summed E-state index contributed by atoms with van der Waals surface area (Å²) in [6.45, 7) is 1.57. The summed E-state index contributed by atoms with van der Waals surface area (Å²) in [7, 11) is 0. The second-order valence-corrected chi connectivity index (χ2v) is 3.24. The molecule has 16 heavy (non-hydrogen) atoms. The van der Waals surface area contributed by atoms with Crippen LogP contribution in [0.4, 0.5) is 5.69 Å². The van der Waals surface area contributed by atoms with E-state index in [9.17, 15) is 19.7 Å². The first-order chi connectivity index (χ1) is 7.49. The Kier molecular flexibility index (Phi) is 2.08. The summed E-state index contributed by atoms with van der Waals surface area (Å²) in [6, 6.07) is 2.39. The van der Waals surface area contributed by atoms with Crippen LogP contribution in [0.3, 0.4) is 0 Å². The molecule has 1 aromatic carbocycles. The molecule has 0 saturated heterocycles. The van der Waals surface area contributed by atoms with Crippen molar-refractivity contribution in [3.63, 3.8) is 0 Å². The van der Waals surface area contributed by atoms with E-state index in [0.717, 1.165) is 6.07 Å². The molecular formula is C9H6N2O5. The zero-order chi connectivity index (χ0) is 11.9. The molecular weight excluding hydrogens is 216 g/mol. The number of H-pyrrole nitrogens is 1. The molecule has 1 N–H and O–H groups in total. The molecule has 0 aliphatic rings. The topological polar surface area (TPSA) is 106 Å². The van der Waals surface area contributed by atoms with Crippen LogP contribution in [0.1, 0.15) is 5.56 Å². The van der Waals surface area contributed by atoms with Crippen molar-refractivity contribution in [3.8, 4) is 0 Å². The molecule has 0 amide bonds. The summed E-state index contributed by atoms with van der Waals surface area (Å²) in [4.78, 5) is 34.2. The van der Waals surface area contributed by atoms with Crippen LogP contribution in [0.2, 0.25) is 0 Å². The van der Waals surface area contributed by atoms with E-state index in [0.29, 0.717) is 5.56 Å². The van der Waals surface area contributed by atoms with E-state index in [1.807, 2.05) is 0 Å². The number of hydrogen-bond acceptors (Lipinski definition) is 5. The van der Waals surface area contributed by atoms with Gasteiger partial charge in [0.1, 0.15) is 0 Å². The highest BCUT2D eigenvalue weighted by atomic mass is 16.6. The van der Waals surface area contributed by atoms with Crippen molar-refractivity contribution in [1.82, 2.24) is 4.98 Å². The molecule has 0 saturated carbocycles. The van der Waals surface area contributed by atoms with Gasteiger partial charge in [-0.1, -0.05) is 0 Å². The van der Waals surface area contributed by atoms with E-state index in [-0.39, 0.29) is 16.8 Å². The Balaban J connectivity index is 2.93. The van der Waals surface area contributed by atoms with Crippen LogP contribution in [0, 0.1) is 17.0 Å². The Morgan fingerprint density at radius 3 is 2.69 bits per heavy atom. The van der Waals surface area contributed by atoms with E-state index in [2.05, 4.69) is 9.40 Å². The molecule has 7 heteroatoms. The first-order valence-electron chi connectivity index (χ1n) is 4.31. The average Bonchev–Trinajstić information content (AvgIpc) is 2.20. The molecule has 82 valence electrons. The normalized spacial score (nSPS) is 10.6. The maximum absolute atomic E-state index is 11.0. The molecule has 0 bridgehead atoms. The molecule has 0 fully saturated rings. The van der Waals surface area contributed by atoms with Crippen LogP contribution in [-0.2, 0) is 0 Å². The van der Waals surface area contributed by atoms with Crippen molar-refractivity contribution in [3.05, 3.63) is 48.6 Å². The smallest absolute Gasteiger partial charge is 0.402 e. The van der Waals surface area contributed by atoms with Gasteiger partial charge >= 0.3 is 11.2 Å². The number of nitro groups is 1. The van der Waals surface area contributed by atoms with E-state index < -0.39 is 16.1 Å². The van der Waals surface area contributed by atoms with Crippen molar-refractivity contribution in [2.45, 2.75) is 6.92 Å². The fraction of sp³-hybridized carbons (Fsp3) is 0.111. The Labute approximate surface area is 87.5 Å². The lowest BCUT2D eigenvalue weighted by Gasteiger charge is -1.99. The van der Waals surface area contributed by atoms with E-state index in [1.54, 1.807) is 6.92 Å². The van der Waals surface area contributed by atoms with E-state index in [4.69, 9.17) is 0 Å². The fourth-order valence-corrected chi connectivity index (χ4v) is 1.39.